The van der Waals surface area contributed by atoms with E-state index in [4.69, 9.17) is 14.3 Å². The molecule has 1 atom stereocenters. The number of nitrogens with one attached hydrogen (secondary N) is 2. The number of carbonyl (C=O) groups is 1. The van der Waals surface area contributed by atoms with E-state index in [-0.39, 0.29) is 12.5 Å². The van der Waals surface area contributed by atoms with Crippen molar-refractivity contribution < 1.29 is 28.2 Å². The van der Waals surface area contributed by atoms with E-state index in [9.17, 15) is 9.36 Å². The number of nitrogens with zero attached hydrogens (tertiary/aromatic N) is 1. The Morgan fingerprint density at radius 2 is 1.97 bits per heavy atom. The summed E-state index contributed by atoms with van der Waals surface area (Å²) >= 11 is 0. The molecule has 1 fully saturated rings. The number of phosphoric acid groups is 1. The summed E-state index contributed by atoms with van der Waals surface area (Å²) in [6.07, 6.45) is 3.60. The monoisotopic (exact) mass is 509 g/mol. The first kappa shape index (κ1) is 24.5. The van der Waals surface area contributed by atoms with Gasteiger partial charge in [-0.05, 0) is 61.9 Å². The lowest BCUT2D eigenvalue weighted by Crippen LogP contribution is -2.38. The van der Waals surface area contributed by atoms with Gasteiger partial charge in [-0.25, -0.2) is 4.57 Å². The highest BCUT2D eigenvalue weighted by Crippen LogP contribution is 2.50. The number of aryl methyl sites for hydroxylation is 2. The maximum atomic E-state index is 13.8. The molecule has 0 radical (unpaired) electrons. The van der Waals surface area contributed by atoms with Gasteiger partial charge in [0.2, 0.25) is 5.91 Å². The quantitative estimate of drug-likeness (QED) is 0.246. The number of carbonyl (C=O) groups excluding carboxylic acids is 1. The number of benzene rings is 2. The van der Waals surface area contributed by atoms with Gasteiger partial charge in [0.15, 0.2) is 0 Å². The molecule has 4 aromatic rings. The Labute approximate surface area is 208 Å². The van der Waals surface area contributed by atoms with Gasteiger partial charge in [-0.3, -0.25) is 9.32 Å². The lowest BCUT2D eigenvalue weighted by atomic mass is 9.91. The van der Waals surface area contributed by atoms with Crippen molar-refractivity contribution in [3.05, 3.63) is 88.4 Å². The Morgan fingerprint density at radius 3 is 2.61 bits per heavy atom. The first-order valence-electron chi connectivity index (χ1n) is 11.8. The molecule has 0 saturated heterocycles. The third-order valence-electron chi connectivity index (χ3n) is 6.92. The molecule has 1 aliphatic rings. The molecule has 0 bridgehead atoms. The van der Waals surface area contributed by atoms with E-state index in [1.54, 1.807) is 6.20 Å². The second-order valence-electron chi connectivity index (χ2n) is 9.29. The standard InChI is InChI=1S/C26H28N3O6P/c1-16-23(17(2)35-29-16)24(18-6-4-3-5-7-18)28-25(30)26(11-12-26)20-8-9-22-21(14-20)19(15-27-22)10-13-34-36(31,32)33/h3-9,14-15,24,27H,10-13H2,1-2H3,(H,28,30)(H2,31,32,33). The minimum Gasteiger partial charge on any atom is -0.361 e. The van der Waals surface area contributed by atoms with E-state index >= 15 is 0 Å². The maximum Gasteiger partial charge on any atom is 0.469 e. The van der Waals surface area contributed by atoms with Crippen molar-refractivity contribution in [2.45, 2.75) is 44.6 Å². The lowest BCUT2D eigenvalue weighted by molar-refractivity contribution is -0.124. The van der Waals surface area contributed by atoms with Gasteiger partial charge in [0.25, 0.3) is 0 Å². The van der Waals surface area contributed by atoms with Crippen LogP contribution in [0.25, 0.3) is 10.9 Å². The predicted octanol–water partition coefficient (Wildman–Crippen LogP) is 4.36. The van der Waals surface area contributed by atoms with Gasteiger partial charge < -0.3 is 24.6 Å². The molecule has 10 heteroatoms. The van der Waals surface area contributed by atoms with Crippen LogP contribution in [0.2, 0.25) is 0 Å². The van der Waals surface area contributed by atoms with Crippen LogP contribution in [-0.4, -0.2) is 32.4 Å². The summed E-state index contributed by atoms with van der Waals surface area (Å²) in [5.41, 5.74) is 4.57. The fraction of sp³-hybridized carbons (Fsp3) is 0.308. The molecule has 2 aromatic heterocycles. The predicted molar refractivity (Wildman–Crippen MR) is 133 cm³/mol. The number of hydrogen-bond donors (Lipinski definition) is 4. The van der Waals surface area contributed by atoms with Crippen LogP contribution in [0.4, 0.5) is 0 Å². The number of phosphoric ester groups is 1. The maximum absolute atomic E-state index is 13.8. The van der Waals surface area contributed by atoms with E-state index in [0.717, 1.165) is 51.7 Å². The van der Waals surface area contributed by atoms with Gasteiger partial charge in [-0.2, -0.15) is 0 Å². The average Bonchev–Trinajstić information content (AvgIpc) is 3.47. The average molecular weight is 509 g/mol. The van der Waals surface area contributed by atoms with Crippen molar-refractivity contribution in [1.82, 2.24) is 15.5 Å². The molecule has 0 spiro atoms. The Bertz CT molecular complexity index is 1430. The van der Waals surface area contributed by atoms with Gasteiger partial charge in [-0.15, -0.1) is 0 Å². The molecular weight excluding hydrogens is 481 g/mol. The normalized spacial score (nSPS) is 15.7. The number of hydrogen-bond acceptors (Lipinski definition) is 5. The third kappa shape index (κ3) is 4.75. The van der Waals surface area contributed by atoms with Crippen LogP contribution in [0.3, 0.4) is 0 Å². The molecule has 9 nitrogen and oxygen atoms in total. The van der Waals surface area contributed by atoms with Gasteiger partial charge >= 0.3 is 7.82 Å². The largest absolute Gasteiger partial charge is 0.469 e. The molecule has 188 valence electrons. The number of amides is 1. The summed E-state index contributed by atoms with van der Waals surface area (Å²) < 4.78 is 21.0. The highest BCUT2D eigenvalue weighted by molar-refractivity contribution is 7.46. The second-order valence-corrected chi connectivity index (χ2v) is 10.5. The Kier molecular flexibility index (Phi) is 6.34. The Hall–Kier alpha value is -3.23. The SMILES string of the molecule is Cc1noc(C)c1C(NC(=O)C1(c2ccc3[nH]cc(CCOP(=O)(O)O)c3c2)CC1)c1ccccc1. The number of aromatic amines is 1. The Balaban J connectivity index is 1.43. The number of fused-ring (bicyclic) bond motifs is 1. The van der Waals surface area contributed by atoms with E-state index < -0.39 is 19.3 Å². The summed E-state index contributed by atoms with van der Waals surface area (Å²) in [4.78, 5) is 34.9. The van der Waals surface area contributed by atoms with Crippen LogP contribution in [0.5, 0.6) is 0 Å². The number of aromatic nitrogens is 2. The van der Waals surface area contributed by atoms with Crippen LogP contribution in [0.1, 0.15) is 52.6 Å². The number of H-pyrrole nitrogens is 1. The molecule has 2 aromatic carbocycles. The van der Waals surface area contributed by atoms with Crippen molar-refractivity contribution in [2.24, 2.45) is 0 Å². The number of rotatable bonds is 9. The van der Waals surface area contributed by atoms with Crippen molar-refractivity contribution >= 4 is 24.6 Å². The van der Waals surface area contributed by atoms with Gasteiger partial charge in [0.1, 0.15) is 5.76 Å². The van der Waals surface area contributed by atoms with Crippen LogP contribution in [0.15, 0.2) is 59.3 Å². The van der Waals surface area contributed by atoms with Gasteiger partial charge in [0, 0.05) is 22.7 Å². The van der Waals surface area contributed by atoms with Gasteiger partial charge in [0.05, 0.1) is 23.8 Å². The smallest absolute Gasteiger partial charge is 0.361 e. The molecular formula is C26H28N3O6P. The molecule has 5 rings (SSSR count). The molecule has 1 amide bonds. The summed E-state index contributed by atoms with van der Waals surface area (Å²) in [5.74, 6) is 0.611. The Morgan fingerprint density at radius 1 is 1.22 bits per heavy atom. The minimum absolute atomic E-state index is 0.0578. The van der Waals surface area contributed by atoms with Crippen molar-refractivity contribution in [3.63, 3.8) is 0 Å². The zero-order chi connectivity index (χ0) is 25.5. The second kappa shape index (κ2) is 9.33. The van der Waals surface area contributed by atoms with E-state index in [2.05, 4.69) is 20.0 Å². The topological polar surface area (TPSA) is 138 Å². The first-order valence-corrected chi connectivity index (χ1v) is 13.3. The molecule has 0 aliphatic heterocycles. The van der Waals surface area contributed by atoms with Crippen LogP contribution in [0, 0.1) is 13.8 Å². The molecule has 36 heavy (non-hydrogen) atoms. The third-order valence-corrected chi connectivity index (χ3v) is 7.44. The fourth-order valence-electron chi connectivity index (χ4n) is 4.87. The first-order chi connectivity index (χ1) is 17.2. The summed E-state index contributed by atoms with van der Waals surface area (Å²) in [5, 5.41) is 8.28. The summed E-state index contributed by atoms with van der Waals surface area (Å²) in [6, 6.07) is 15.3. The van der Waals surface area contributed by atoms with E-state index in [0.29, 0.717) is 12.2 Å². The molecule has 1 saturated carbocycles. The summed E-state index contributed by atoms with van der Waals surface area (Å²) in [7, 11) is -4.53. The minimum atomic E-state index is -4.53. The van der Waals surface area contributed by atoms with E-state index in [1.165, 1.54) is 0 Å². The highest BCUT2D eigenvalue weighted by atomic mass is 31.2. The lowest BCUT2D eigenvalue weighted by Gasteiger charge is -2.23. The van der Waals surface area contributed by atoms with Crippen molar-refractivity contribution in [1.29, 1.82) is 0 Å². The van der Waals surface area contributed by atoms with Crippen LogP contribution in [-0.2, 0) is 25.7 Å². The molecule has 1 aliphatic carbocycles. The molecule has 1 unspecified atom stereocenters. The molecule has 2 heterocycles. The van der Waals surface area contributed by atoms with Gasteiger partial charge in [-0.1, -0.05) is 41.6 Å². The van der Waals surface area contributed by atoms with Crippen molar-refractivity contribution in [2.75, 3.05) is 6.61 Å². The molecule has 4 N–H and O–H groups in total. The fourth-order valence-corrected chi connectivity index (χ4v) is 5.20. The highest BCUT2D eigenvalue weighted by Gasteiger charge is 2.52. The van der Waals surface area contributed by atoms with E-state index in [1.807, 2.05) is 62.4 Å². The van der Waals surface area contributed by atoms with Crippen molar-refractivity contribution in [3.8, 4) is 0 Å². The zero-order valence-electron chi connectivity index (χ0n) is 20.0. The van der Waals surface area contributed by atoms with Crippen LogP contribution >= 0.6 is 7.82 Å². The van der Waals surface area contributed by atoms with Crippen LogP contribution < -0.4 is 5.32 Å². The zero-order valence-corrected chi connectivity index (χ0v) is 20.9. The summed E-state index contributed by atoms with van der Waals surface area (Å²) in [6.45, 7) is 3.61.